The third kappa shape index (κ3) is 4.75. The first kappa shape index (κ1) is 20.3. The molecule has 2 heterocycles. The maximum absolute atomic E-state index is 6.13. The number of guanidine groups is 1. The highest BCUT2D eigenvalue weighted by Crippen LogP contribution is 2.19. The number of piperidine rings is 1. The molecule has 1 fully saturated rings. The molecule has 2 aromatic carbocycles. The summed E-state index contributed by atoms with van der Waals surface area (Å²) in [6, 6.07) is 18.4. The zero-order valence-corrected chi connectivity index (χ0v) is 17.9. The van der Waals surface area contributed by atoms with Crippen LogP contribution in [0.3, 0.4) is 0 Å². The first-order chi connectivity index (χ1) is 14.7. The molecule has 6 nitrogen and oxygen atoms in total. The van der Waals surface area contributed by atoms with Crippen molar-refractivity contribution >= 4 is 17.0 Å². The van der Waals surface area contributed by atoms with Gasteiger partial charge in [-0.2, -0.15) is 0 Å². The van der Waals surface area contributed by atoms with Crippen LogP contribution in [-0.4, -0.2) is 52.7 Å². The number of ether oxygens (including phenoxy) is 1. The van der Waals surface area contributed by atoms with Crippen molar-refractivity contribution in [3.63, 3.8) is 0 Å². The van der Waals surface area contributed by atoms with E-state index in [0.717, 1.165) is 68.6 Å². The highest BCUT2D eigenvalue weighted by molar-refractivity contribution is 5.80. The number of para-hydroxylation sites is 3. The van der Waals surface area contributed by atoms with Gasteiger partial charge in [-0.15, -0.1) is 0 Å². The molecule has 0 radical (unpaired) electrons. The number of fused-ring (bicyclic) bond motifs is 1. The predicted octanol–water partition coefficient (Wildman–Crippen LogP) is 3.85. The van der Waals surface area contributed by atoms with Crippen molar-refractivity contribution in [3.8, 4) is 5.75 Å². The third-order valence-electron chi connectivity index (χ3n) is 5.55. The minimum atomic E-state index is 0.270. The molecule has 1 saturated heterocycles. The average Bonchev–Trinajstić information content (AvgIpc) is 3.10. The van der Waals surface area contributed by atoms with Crippen molar-refractivity contribution in [2.75, 3.05) is 26.2 Å². The predicted molar refractivity (Wildman–Crippen MR) is 122 cm³/mol. The van der Waals surface area contributed by atoms with Gasteiger partial charge in [0.05, 0.1) is 17.6 Å². The van der Waals surface area contributed by atoms with E-state index in [0.29, 0.717) is 0 Å². The lowest BCUT2D eigenvalue weighted by Gasteiger charge is -2.34. The summed E-state index contributed by atoms with van der Waals surface area (Å²) in [5.41, 5.74) is 2.22. The lowest BCUT2D eigenvalue weighted by molar-refractivity contribution is 0.129. The lowest BCUT2D eigenvalue weighted by atomic mass is 10.1. The molecule has 1 aromatic heterocycles. The Bertz CT molecular complexity index is 974. The Morgan fingerprint density at radius 2 is 1.83 bits per heavy atom. The summed E-state index contributed by atoms with van der Waals surface area (Å²) in [7, 11) is 0. The van der Waals surface area contributed by atoms with Crippen LogP contribution in [0.15, 0.2) is 59.6 Å². The molecule has 1 aliphatic rings. The third-order valence-corrected chi connectivity index (χ3v) is 5.55. The van der Waals surface area contributed by atoms with Crippen molar-refractivity contribution in [2.24, 2.45) is 4.99 Å². The standard InChI is InChI=1S/C24H31N5O/c1-3-25-24(26-15-18-29-19(2)27-22-11-7-8-12-23(22)29)28-16-13-21(14-17-28)30-20-9-5-4-6-10-20/h4-12,21H,3,13-18H2,1-2H3,(H,25,26). The van der Waals surface area contributed by atoms with Gasteiger partial charge in [0.2, 0.25) is 0 Å². The largest absolute Gasteiger partial charge is 0.490 e. The number of nitrogens with zero attached hydrogens (tertiary/aromatic N) is 4. The molecule has 0 spiro atoms. The summed E-state index contributed by atoms with van der Waals surface area (Å²) >= 11 is 0. The Hall–Kier alpha value is -3.02. The number of rotatable bonds is 6. The number of likely N-dealkylation sites (tertiary alicyclic amines) is 1. The second kappa shape index (κ2) is 9.65. The second-order valence-corrected chi connectivity index (χ2v) is 7.65. The summed E-state index contributed by atoms with van der Waals surface area (Å²) < 4.78 is 8.38. The summed E-state index contributed by atoms with van der Waals surface area (Å²) in [4.78, 5) is 11.9. The summed E-state index contributed by atoms with van der Waals surface area (Å²) in [6.45, 7) is 8.51. The van der Waals surface area contributed by atoms with E-state index in [2.05, 4.69) is 51.8 Å². The molecule has 0 atom stereocenters. The van der Waals surface area contributed by atoms with Gasteiger partial charge in [-0.05, 0) is 38.1 Å². The Morgan fingerprint density at radius 3 is 2.60 bits per heavy atom. The van der Waals surface area contributed by atoms with Gasteiger partial charge in [-0.3, -0.25) is 4.99 Å². The van der Waals surface area contributed by atoms with Crippen LogP contribution in [0.1, 0.15) is 25.6 Å². The normalized spacial score (nSPS) is 15.5. The zero-order chi connectivity index (χ0) is 20.8. The number of hydrogen-bond acceptors (Lipinski definition) is 3. The number of hydrogen-bond donors (Lipinski definition) is 1. The van der Waals surface area contributed by atoms with Gasteiger partial charge in [0.15, 0.2) is 5.96 Å². The monoisotopic (exact) mass is 405 g/mol. The summed E-state index contributed by atoms with van der Waals surface area (Å²) in [6.07, 6.45) is 2.28. The van der Waals surface area contributed by atoms with Crippen LogP contribution in [0, 0.1) is 6.92 Å². The molecular weight excluding hydrogens is 374 g/mol. The molecule has 1 N–H and O–H groups in total. The van der Waals surface area contributed by atoms with Gasteiger partial charge in [0.25, 0.3) is 0 Å². The van der Waals surface area contributed by atoms with Gasteiger partial charge in [-0.1, -0.05) is 30.3 Å². The van der Waals surface area contributed by atoms with Crippen LogP contribution in [0.25, 0.3) is 11.0 Å². The van der Waals surface area contributed by atoms with Gasteiger partial charge in [0, 0.05) is 39.0 Å². The molecule has 0 amide bonds. The van der Waals surface area contributed by atoms with Crippen LogP contribution >= 0.6 is 0 Å². The fourth-order valence-corrected chi connectivity index (χ4v) is 4.04. The molecule has 0 aliphatic carbocycles. The number of aromatic nitrogens is 2. The molecule has 0 unspecified atom stereocenters. The topological polar surface area (TPSA) is 54.7 Å². The molecule has 3 aromatic rings. The van der Waals surface area contributed by atoms with Gasteiger partial charge in [0.1, 0.15) is 17.7 Å². The SMILES string of the molecule is CCNC(=NCCn1c(C)nc2ccccc21)N1CCC(Oc2ccccc2)CC1. The lowest BCUT2D eigenvalue weighted by Crippen LogP contribution is -2.47. The highest BCUT2D eigenvalue weighted by Gasteiger charge is 2.22. The van der Waals surface area contributed by atoms with E-state index in [1.807, 2.05) is 36.4 Å². The first-order valence-corrected chi connectivity index (χ1v) is 10.9. The quantitative estimate of drug-likeness (QED) is 0.500. The molecule has 0 saturated carbocycles. The Morgan fingerprint density at radius 1 is 1.10 bits per heavy atom. The van der Waals surface area contributed by atoms with Crippen molar-refractivity contribution in [1.82, 2.24) is 19.8 Å². The highest BCUT2D eigenvalue weighted by atomic mass is 16.5. The number of nitrogens with one attached hydrogen (secondary N) is 1. The minimum Gasteiger partial charge on any atom is -0.490 e. The first-order valence-electron chi connectivity index (χ1n) is 10.9. The van der Waals surface area contributed by atoms with Crippen LogP contribution in [0.4, 0.5) is 0 Å². The van der Waals surface area contributed by atoms with Crippen molar-refractivity contribution in [1.29, 1.82) is 0 Å². The fraction of sp³-hybridized carbons (Fsp3) is 0.417. The van der Waals surface area contributed by atoms with E-state index in [1.165, 1.54) is 5.52 Å². The van der Waals surface area contributed by atoms with Crippen LogP contribution in [-0.2, 0) is 6.54 Å². The van der Waals surface area contributed by atoms with E-state index < -0.39 is 0 Å². The van der Waals surface area contributed by atoms with Crippen molar-refractivity contribution in [3.05, 3.63) is 60.4 Å². The molecule has 4 rings (SSSR count). The number of aryl methyl sites for hydroxylation is 1. The van der Waals surface area contributed by atoms with Crippen molar-refractivity contribution in [2.45, 2.75) is 39.3 Å². The van der Waals surface area contributed by atoms with Gasteiger partial charge in [-0.25, -0.2) is 4.98 Å². The maximum Gasteiger partial charge on any atom is 0.193 e. The van der Waals surface area contributed by atoms with Gasteiger partial charge < -0.3 is 19.5 Å². The Kier molecular flexibility index (Phi) is 6.52. The zero-order valence-electron chi connectivity index (χ0n) is 17.9. The number of imidazole rings is 1. The molecule has 1 aliphatic heterocycles. The van der Waals surface area contributed by atoms with E-state index in [4.69, 9.17) is 9.73 Å². The molecular formula is C24H31N5O. The second-order valence-electron chi connectivity index (χ2n) is 7.65. The minimum absolute atomic E-state index is 0.270. The molecule has 158 valence electrons. The molecule has 6 heteroatoms. The van der Waals surface area contributed by atoms with Gasteiger partial charge >= 0.3 is 0 Å². The van der Waals surface area contributed by atoms with E-state index in [1.54, 1.807) is 0 Å². The Labute approximate surface area is 178 Å². The molecule has 0 bridgehead atoms. The van der Waals surface area contributed by atoms with Crippen LogP contribution in [0.5, 0.6) is 5.75 Å². The smallest absolute Gasteiger partial charge is 0.193 e. The average molecular weight is 406 g/mol. The van der Waals surface area contributed by atoms with E-state index in [-0.39, 0.29) is 6.10 Å². The number of benzene rings is 2. The maximum atomic E-state index is 6.13. The summed E-state index contributed by atoms with van der Waals surface area (Å²) in [5.74, 6) is 2.99. The van der Waals surface area contributed by atoms with Crippen LogP contribution < -0.4 is 10.1 Å². The summed E-state index contributed by atoms with van der Waals surface area (Å²) in [5, 5.41) is 3.46. The van der Waals surface area contributed by atoms with Crippen molar-refractivity contribution < 1.29 is 4.74 Å². The number of aliphatic imine (C=N–C) groups is 1. The Balaban J connectivity index is 1.35. The fourth-order valence-electron chi connectivity index (χ4n) is 4.04. The van der Waals surface area contributed by atoms with E-state index >= 15 is 0 Å². The molecule has 30 heavy (non-hydrogen) atoms. The van der Waals surface area contributed by atoms with Crippen LogP contribution in [0.2, 0.25) is 0 Å². The van der Waals surface area contributed by atoms with E-state index in [9.17, 15) is 0 Å².